The van der Waals surface area contributed by atoms with Crippen molar-refractivity contribution in [2.75, 3.05) is 7.11 Å². The van der Waals surface area contributed by atoms with E-state index in [-0.39, 0.29) is 5.97 Å². The van der Waals surface area contributed by atoms with Gasteiger partial charge < -0.3 is 9.30 Å². The molecule has 0 spiro atoms. The van der Waals surface area contributed by atoms with E-state index in [4.69, 9.17) is 4.74 Å². The normalized spacial score (nSPS) is 11.8. The van der Waals surface area contributed by atoms with E-state index in [0.717, 1.165) is 29.7 Å². The van der Waals surface area contributed by atoms with Crippen LogP contribution in [0.4, 0.5) is 0 Å². The number of aromatic nitrogens is 2. The lowest BCUT2D eigenvalue weighted by atomic mass is 9.93. The summed E-state index contributed by atoms with van der Waals surface area (Å²) in [6.07, 6.45) is 1.94. The molecule has 0 unspecified atom stereocenters. The van der Waals surface area contributed by atoms with Crippen molar-refractivity contribution in [1.82, 2.24) is 9.55 Å². The highest BCUT2D eigenvalue weighted by atomic mass is 16.5. The van der Waals surface area contributed by atoms with Gasteiger partial charge in [-0.2, -0.15) is 0 Å². The summed E-state index contributed by atoms with van der Waals surface area (Å²) in [5.41, 5.74) is 1.49. The number of benzene rings is 1. The van der Waals surface area contributed by atoms with E-state index >= 15 is 0 Å². The fourth-order valence-electron chi connectivity index (χ4n) is 2.45. The van der Waals surface area contributed by atoms with E-state index in [0.29, 0.717) is 6.54 Å². The lowest BCUT2D eigenvalue weighted by Crippen LogP contribution is -2.31. The van der Waals surface area contributed by atoms with E-state index in [1.807, 2.05) is 32.0 Å². The Morgan fingerprint density at radius 2 is 2.05 bits per heavy atom. The van der Waals surface area contributed by atoms with Gasteiger partial charge in [0.05, 0.1) is 23.6 Å². The molecule has 0 aliphatic heterocycles. The molecule has 0 saturated heterocycles. The molecule has 0 saturated carbocycles. The molecule has 0 radical (unpaired) electrons. The second kappa shape index (κ2) is 5.65. The molecular formula is C16H22N2O2. The molecule has 1 aromatic heterocycles. The number of hydrogen-bond donors (Lipinski definition) is 0. The predicted molar refractivity (Wildman–Crippen MR) is 79.5 cm³/mol. The number of rotatable bonds is 5. The molecule has 0 amide bonds. The zero-order valence-corrected chi connectivity index (χ0v) is 12.6. The van der Waals surface area contributed by atoms with Gasteiger partial charge in [-0.15, -0.1) is 0 Å². The van der Waals surface area contributed by atoms with Crippen LogP contribution in [0.25, 0.3) is 11.0 Å². The third kappa shape index (κ3) is 2.69. The van der Waals surface area contributed by atoms with E-state index in [9.17, 15) is 4.79 Å². The van der Waals surface area contributed by atoms with E-state index < -0.39 is 5.41 Å². The summed E-state index contributed by atoms with van der Waals surface area (Å²) in [6, 6.07) is 8.05. The monoisotopic (exact) mass is 274 g/mol. The Morgan fingerprint density at radius 1 is 1.35 bits per heavy atom. The lowest BCUT2D eigenvalue weighted by Gasteiger charge is -2.23. The highest BCUT2D eigenvalue weighted by Crippen LogP contribution is 2.25. The van der Waals surface area contributed by atoms with Crippen molar-refractivity contribution < 1.29 is 9.53 Å². The maximum atomic E-state index is 11.9. The zero-order valence-electron chi connectivity index (χ0n) is 12.6. The number of ether oxygens (including phenoxy) is 1. The number of fused-ring (bicyclic) bond motifs is 1. The van der Waals surface area contributed by atoms with E-state index in [2.05, 4.69) is 22.5 Å². The molecule has 1 heterocycles. The van der Waals surface area contributed by atoms with Gasteiger partial charge in [0.25, 0.3) is 0 Å². The first-order valence-corrected chi connectivity index (χ1v) is 7.02. The van der Waals surface area contributed by atoms with Crippen molar-refractivity contribution in [1.29, 1.82) is 0 Å². The van der Waals surface area contributed by atoms with Crippen molar-refractivity contribution in [3.05, 3.63) is 30.1 Å². The first-order chi connectivity index (χ1) is 9.49. The van der Waals surface area contributed by atoms with Crippen LogP contribution in [0.15, 0.2) is 24.3 Å². The number of hydrogen-bond acceptors (Lipinski definition) is 3. The van der Waals surface area contributed by atoms with Gasteiger partial charge in [0, 0.05) is 13.0 Å². The quantitative estimate of drug-likeness (QED) is 0.786. The number of aryl methyl sites for hydroxylation is 1. The molecular weight excluding hydrogens is 252 g/mol. The van der Waals surface area contributed by atoms with Crippen LogP contribution in [-0.4, -0.2) is 22.6 Å². The molecule has 4 heteroatoms. The van der Waals surface area contributed by atoms with E-state index in [1.54, 1.807) is 0 Å². The topological polar surface area (TPSA) is 44.1 Å². The average molecular weight is 274 g/mol. The second-order valence-corrected chi connectivity index (χ2v) is 5.73. The van der Waals surface area contributed by atoms with Crippen LogP contribution in [0.3, 0.4) is 0 Å². The highest BCUT2D eigenvalue weighted by molar-refractivity contribution is 5.78. The Labute approximate surface area is 119 Å². The number of carbonyl (C=O) groups is 1. The van der Waals surface area contributed by atoms with Gasteiger partial charge in [0.15, 0.2) is 0 Å². The molecule has 4 nitrogen and oxygen atoms in total. The Bertz CT molecular complexity index is 614. The summed E-state index contributed by atoms with van der Waals surface area (Å²) in [6.45, 7) is 6.53. The van der Waals surface area contributed by atoms with Crippen LogP contribution >= 0.6 is 0 Å². The molecule has 0 aliphatic carbocycles. The number of carbonyl (C=O) groups excluding carboxylic acids is 1. The minimum atomic E-state index is -0.569. The van der Waals surface area contributed by atoms with Crippen LogP contribution in [0.2, 0.25) is 0 Å². The van der Waals surface area contributed by atoms with Crippen LogP contribution in [0.1, 0.15) is 33.0 Å². The minimum absolute atomic E-state index is 0.197. The summed E-state index contributed by atoms with van der Waals surface area (Å²) in [4.78, 5) is 16.6. The number of imidazole rings is 1. The SMILES string of the molecule is CCCc1nc2ccccc2n1CC(C)(C)C(=O)OC. The Balaban J connectivity index is 2.46. The molecule has 2 rings (SSSR count). The Hall–Kier alpha value is -1.84. The van der Waals surface area contributed by atoms with Gasteiger partial charge in [0.2, 0.25) is 0 Å². The molecule has 0 N–H and O–H groups in total. The number of para-hydroxylation sites is 2. The Kier molecular flexibility index (Phi) is 4.12. The molecule has 2 aromatic rings. The maximum absolute atomic E-state index is 11.9. The van der Waals surface area contributed by atoms with Gasteiger partial charge in [0.1, 0.15) is 5.82 Å². The molecule has 20 heavy (non-hydrogen) atoms. The van der Waals surface area contributed by atoms with Crippen LogP contribution in [0, 0.1) is 5.41 Å². The summed E-state index contributed by atoms with van der Waals surface area (Å²) in [5.74, 6) is 0.836. The molecule has 0 aliphatic rings. The summed E-state index contributed by atoms with van der Waals surface area (Å²) in [7, 11) is 1.43. The fourth-order valence-corrected chi connectivity index (χ4v) is 2.45. The zero-order chi connectivity index (χ0) is 14.8. The van der Waals surface area contributed by atoms with Crippen LogP contribution in [0.5, 0.6) is 0 Å². The van der Waals surface area contributed by atoms with Crippen molar-refractivity contribution in [2.24, 2.45) is 5.41 Å². The Morgan fingerprint density at radius 3 is 2.70 bits per heavy atom. The summed E-state index contributed by atoms with van der Waals surface area (Å²) in [5, 5.41) is 0. The smallest absolute Gasteiger partial charge is 0.313 e. The van der Waals surface area contributed by atoms with Gasteiger partial charge in [-0.1, -0.05) is 19.1 Å². The first kappa shape index (κ1) is 14.6. The average Bonchev–Trinajstić information content (AvgIpc) is 2.76. The van der Waals surface area contributed by atoms with Crippen molar-refractivity contribution >= 4 is 17.0 Å². The molecule has 1 aromatic carbocycles. The lowest BCUT2D eigenvalue weighted by molar-refractivity contribution is -0.151. The van der Waals surface area contributed by atoms with Crippen molar-refractivity contribution in [3.63, 3.8) is 0 Å². The molecule has 0 bridgehead atoms. The van der Waals surface area contributed by atoms with Gasteiger partial charge >= 0.3 is 5.97 Å². The van der Waals surface area contributed by atoms with Crippen molar-refractivity contribution in [3.8, 4) is 0 Å². The summed E-state index contributed by atoms with van der Waals surface area (Å²) < 4.78 is 7.05. The summed E-state index contributed by atoms with van der Waals surface area (Å²) >= 11 is 0. The van der Waals surface area contributed by atoms with Crippen molar-refractivity contribution in [2.45, 2.75) is 40.2 Å². The third-order valence-electron chi connectivity index (χ3n) is 3.50. The van der Waals surface area contributed by atoms with E-state index in [1.165, 1.54) is 7.11 Å². The molecule has 0 fully saturated rings. The van der Waals surface area contributed by atoms with Gasteiger partial charge in [-0.3, -0.25) is 4.79 Å². The molecule has 0 atom stereocenters. The number of methoxy groups -OCH3 is 1. The first-order valence-electron chi connectivity index (χ1n) is 7.02. The second-order valence-electron chi connectivity index (χ2n) is 5.73. The largest absolute Gasteiger partial charge is 0.469 e. The highest BCUT2D eigenvalue weighted by Gasteiger charge is 2.30. The minimum Gasteiger partial charge on any atom is -0.469 e. The van der Waals surface area contributed by atoms with Gasteiger partial charge in [-0.05, 0) is 32.4 Å². The standard InChI is InChI=1S/C16H22N2O2/c1-5-8-14-17-12-9-6-7-10-13(12)18(14)11-16(2,3)15(19)20-4/h6-7,9-10H,5,8,11H2,1-4H3. The van der Waals surface area contributed by atoms with Gasteiger partial charge in [-0.25, -0.2) is 4.98 Å². The number of nitrogens with zero attached hydrogens (tertiary/aromatic N) is 2. The van der Waals surface area contributed by atoms with Crippen LogP contribution < -0.4 is 0 Å². The maximum Gasteiger partial charge on any atom is 0.313 e. The fraction of sp³-hybridized carbons (Fsp3) is 0.500. The van der Waals surface area contributed by atoms with Crippen LogP contribution in [-0.2, 0) is 22.5 Å². The third-order valence-corrected chi connectivity index (χ3v) is 3.50. The molecule has 108 valence electrons. The number of esters is 1. The predicted octanol–water partition coefficient (Wildman–Crippen LogP) is 3.19.